The number of aromatic nitrogens is 1. The Balaban J connectivity index is 2.87. The second-order valence-corrected chi connectivity index (χ2v) is 5.03. The van der Waals surface area contributed by atoms with Crippen LogP contribution in [0.15, 0.2) is 10.6 Å². The Labute approximate surface area is 85.7 Å². The van der Waals surface area contributed by atoms with E-state index in [0.29, 0.717) is 5.92 Å². The Morgan fingerprint density at radius 2 is 1.93 bits per heavy atom. The SMILES string of the molecule is CC(N)c1cc(C(C)C(C)(C)C)no1. The van der Waals surface area contributed by atoms with Crippen LogP contribution in [0.4, 0.5) is 0 Å². The summed E-state index contributed by atoms with van der Waals surface area (Å²) < 4.78 is 5.17. The highest BCUT2D eigenvalue weighted by Crippen LogP contribution is 2.34. The van der Waals surface area contributed by atoms with E-state index >= 15 is 0 Å². The van der Waals surface area contributed by atoms with E-state index in [2.05, 4.69) is 32.9 Å². The molecule has 1 rings (SSSR count). The molecule has 1 aromatic heterocycles. The first-order valence-electron chi connectivity index (χ1n) is 5.04. The van der Waals surface area contributed by atoms with Gasteiger partial charge in [-0.2, -0.15) is 0 Å². The van der Waals surface area contributed by atoms with Gasteiger partial charge in [0.15, 0.2) is 5.76 Å². The zero-order valence-corrected chi connectivity index (χ0v) is 9.66. The van der Waals surface area contributed by atoms with Gasteiger partial charge in [-0.1, -0.05) is 32.9 Å². The number of rotatable bonds is 2. The van der Waals surface area contributed by atoms with Crippen LogP contribution in [0.25, 0.3) is 0 Å². The average molecular weight is 196 g/mol. The fourth-order valence-corrected chi connectivity index (χ4v) is 1.17. The second-order valence-electron chi connectivity index (χ2n) is 5.03. The molecule has 0 fully saturated rings. The van der Waals surface area contributed by atoms with E-state index in [0.717, 1.165) is 11.5 Å². The molecule has 3 nitrogen and oxygen atoms in total. The minimum atomic E-state index is -0.0802. The summed E-state index contributed by atoms with van der Waals surface area (Å²) in [6, 6.07) is 1.88. The third-order valence-corrected chi connectivity index (χ3v) is 2.74. The molecule has 2 unspecified atom stereocenters. The van der Waals surface area contributed by atoms with Crippen molar-refractivity contribution in [2.75, 3.05) is 0 Å². The molecular formula is C11H20N2O. The van der Waals surface area contributed by atoms with Crippen molar-refractivity contribution in [3.63, 3.8) is 0 Å². The van der Waals surface area contributed by atoms with Gasteiger partial charge in [0, 0.05) is 12.0 Å². The lowest BCUT2D eigenvalue weighted by Crippen LogP contribution is -2.15. The van der Waals surface area contributed by atoms with E-state index in [1.165, 1.54) is 0 Å². The maximum Gasteiger partial charge on any atom is 0.153 e. The molecule has 14 heavy (non-hydrogen) atoms. The molecule has 0 aromatic carbocycles. The number of hydrogen-bond acceptors (Lipinski definition) is 3. The summed E-state index contributed by atoms with van der Waals surface area (Å²) in [6.07, 6.45) is 0. The minimum absolute atomic E-state index is 0.0802. The van der Waals surface area contributed by atoms with Gasteiger partial charge in [-0.3, -0.25) is 0 Å². The molecular weight excluding hydrogens is 176 g/mol. The van der Waals surface area contributed by atoms with Crippen LogP contribution in [-0.2, 0) is 0 Å². The predicted molar refractivity (Wildman–Crippen MR) is 57.0 cm³/mol. The van der Waals surface area contributed by atoms with Gasteiger partial charge in [0.2, 0.25) is 0 Å². The summed E-state index contributed by atoms with van der Waals surface area (Å²) in [5.74, 6) is 1.13. The van der Waals surface area contributed by atoms with Crippen LogP contribution < -0.4 is 5.73 Å². The Morgan fingerprint density at radius 1 is 1.36 bits per heavy atom. The zero-order valence-electron chi connectivity index (χ0n) is 9.66. The van der Waals surface area contributed by atoms with Crippen molar-refractivity contribution < 1.29 is 4.52 Å². The van der Waals surface area contributed by atoms with E-state index < -0.39 is 0 Å². The van der Waals surface area contributed by atoms with E-state index in [9.17, 15) is 0 Å². The molecule has 0 aliphatic carbocycles. The topological polar surface area (TPSA) is 52.0 Å². The second kappa shape index (κ2) is 3.73. The molecule has 1 heterocycles. The lowest BCUT2D eigenvalue weighted by atomic mass is 9.80. The van der Waals surface area contributed by atoms with Gasteiger partial charge in [-0.05, 0) is 12.3 Å². The van der Waals surface area contributed by atoms with Gasteiger partial charge in [-0.15, -0.1) is 0 Å². The van der Waals surface area contributed by atoms with Crippen molar-refractivity contribution >= 4 is 0 Å². The van der Waals surface area contributed by atoms with Gasteiger partial charge < -0.3 is 10.3 Å². The highest BCUT2D eigenvalue weighted by atomic mass is 16.5. The standard InChI is InChI=1S/C11H20N2O/c1-7(11(3,4)5)9-6-10(8(2)12)14-13-9/h6-8H,12H2,1-5H3. The molecule has 0 spiro atoms. The Hall–Kier alpha value is -0.830. The summed E-state index contributed by atoms with van der Waals surface area (Å²) in [7, 11) is 0. The molecule has 2 atom stereocenters. The van der Waals surface area contributed by atoms with Crippen LogP contribution in [0.2, 0.25) is 0 Å². The van der Waals surface area contributed by atoms with E-state index in [1.807, 2.05) is 13.0 Å². The molecule has 0 saturated heterocycles. The first-order chi connectivity index (χ1) is 6.32. The van der Waals surface area contributed by atoms with Crippen molar-refractivity contribution in [2.24, 2.45) is 11.1 Å². The number of hydrogen-bond donors (Lipinski definition) is 1. The smallest absolute Gasteiger partial charge is 0.153 e. The fraction of sp³-hybridized carbons (Fsp3) is 0.727. The molecule has 80 valence electrons. The summed E-state index contributed by atoms with van der Waals surface area (Å²) in [5.41, 5.74) is 6.89. The Morgan fingerprint density at radius 3 is 2.29 bits per heavy atom. The van der Waals surface area contributed by atoms with E-state index in [4.69, 9.17) is 10.3 Å². The summed E-state index contributed by atoms with van der Waals surface area (Å²) in [5, 5.41) is 4.05. The highest BCUT2D eigenvalue weighted by molar-refractivity contribution is 5.13. The molecule has 0 saturated carbocycles. The average Bonchev–Trinajstić information content (AvgIpc) is 2.48. The molecule has 0 aliphatic heterocycles. The zero-order chi connectivity index (χ0) is 10.9. The van der Waals surface area contributed by atoms with Gasteiger partial charge in [0.25, 0.3) is 0 Å². The summed E-state index contributed by atoms with van der Waals surface area (Å²) in [4.78, 5) is 0. The predicted octanol–water partition coefficient (Wildman–Crippen LogP) is 2.84. The fourth-order valence-electron chi connectivity index (χ4n) is 1.17. The number of nitrogens with two attached hydrogens (primary N) is 1. The van der Waals surface area contributed by atoms with Crippen molar-refractivity contribution in [1.82, 2.24) is 5.16 Å². The lowest BCUT2D eigenvalue weighted by Gasteiger charge is -2.24. The largest absolute Gasteiger partial charge is 0.359 e. The van der Waals surface area contributed by atoms with Gasteiger partial charge in [-0.25, -0.2) is 0 Å². The van der Waals surface area contributed by atoms with Gasteiger partial charge >= 0.3 is 0 Å². The molecule has 3 heteroatoms. The van der Waals surface area contributed by atoms with Crippen LogP contribution in [0.3, 0.4) is 0 Å². The van der Waals surface area contributed by atoms with E-state index in [-0.39, 0.29) is 11.5 Å². The van der Waals surface area contributed by atoms with Crippen LogP contribution in [0.5, 0.6) is 0 Å². The van der Waals surface area contributed by atoms with Crippen molar-refractivity contribution in [3.05, 3.63) is 17.5 Å². The number of nitrogens with zero attached hydrogens (tertiary/aromatic N) is 1. The Bertz CT molecular complexity index is 296. The van der Waals surface area contributed by atoms with Crippen molar-refractivity contribution in [2.45, 2.75) is 46.6 Å². The summed E-state index contributed by atoms with van der Waals surface area (Å²) in [6.45, 7) is 10.6. The highest BCUT2D eigenvalue weighted by Gasteiger charge is 2.25. The minimum Gasteiger partial charge on any atom is -0.359 e. The van der Waals surface area contributed by atoms with E-state index in [1.54, 1.807) is 0 Å². The summed E-state index contributed by atoms with van der Waals surface area (Å²) >= 11 is 0. The first kappa shape index (κ1) is 11.2. The maximum absolute atomic E-state index is 5.70. The molecule has 0 amide bonds. The monoisotopic (exact) mass is 196 g/mol. The third-order valence-electron chi connectivity index (χ3n) is 2.74. The molecule has 0 bridgehead atoms. The molecule has 0 radical (unpaired) electrons. The van der Waals surface area contributed by atoms with Gasteiger partial charge in [0.05, 0.1) is 11.7 Å². The van der Waals surface area contributed by atoms with Crippen LogP contribution in [0.1, 0.15) is 58.0 Å². The quantitative estimate of drug-likeness (QED) is 0.791. The van der Waals surface area contributed by atoms with Gasteiger partial charge in [0.1, 0.15) is 0 Å². The third kappa shape index (κ3) is 2.35. The normalized spacial score (nSPS) is 16.7. The van der Waals surface area contributed by atoms with Crippen molar-refractivity contribution in [3.8, 4) is 0 Å². The molecule has 1 aromatic rings. The van der Waals surface area contributed by atoms with Crippen LogP contribution >= 0.6 is 0 Å². The Kier molecular flexibility index (Phi) is 3.00. The molecule has 2 N–H and O–H groups in total. The molecule has 0 aliphatic rings. The van der Waals surface area contributed by atoms with Crippen LogP contribution in [-0.4, -0.2) is 5.16 Å². The van der Waals surface area contributed by atoms with Crippen LogP contribution in [0, 0.1) is 5.41 Å². The maximum atomic E-state index is 5.70. The first-order valence-corrected chi connectivity index (χ1v) is 5.04. The van der Waals surface area contributed by atoms with Crippen molar-refractivity contribution in [1.29, 1.82) is 0 Å². The lowest BCUT2D eigenvalue weighted by molar-refractivity contribution is 0.309.